The Morgan fingerprint density at radius 1 is 1.37 bits per heavy atom. The number of ether oxygens (including phenoxy) is 1. The number of carbonyl (C=O) groups excluding carboxylic acids is 1. The van der Waals surface area contributed by atoms with Crippen molar-refractivity contribution < 1.29 is 14.4 Å². The second-order valence-corrected chi connectivity index (χ2v) is 4.63. The van der Waals surface area contributed by atoms with E-state index in [4.69, 9.17) is 21.2 Å². The monoisotopic (exact) mass is 305 g/mol. The van der Waals surface area contributed by atoms with Gasteiger partial charge in [0.1, 0.15) is 0 Å². The van der Waals surface area contributed by atoms with Gasteiger partial charge in [0.15, 0.2) is 0 Å². The molecule has 0 bridgehead atoms. The van der Waals surface area contributed by atoms with Gasteiger partial charge in [-0.3, -0.25) is 4.79 Å². The Morgan fingerprint density at radius 2 is 2.05 bits per heavy atom. The molecule has 106 valence electrons. The molecule has 1 aliphatic rings. The fourth-order valence-electron chi connectivity index (χ4n) is 1.84. The molecule has 19 heavy (non-hydrogen) atoms. The number of hydroxylamine groups is 1. The maximum Gasteiger partial charge on any atom is 0.327 e. The zero-order valence-electron chi connectivity index (χ0n) is 10.4. The third-order valence-electron chi connectivity index (χ3n) is 2.95. The summed E-state index contributed by atoms with van der Waals surface area (Å²) in [6, 6.07) is 7.44. The van der Waals surface area contributed by atoms with Crippen LogP contribution in [0, 0.1) is 5.92 Å². The molecule has 1 N–H and O–H groups in total. The predicted octanol–water partition coefficient (Wildman–Crippen LogP) is 2.74. The number of halogens is 2. The van der Waals surface area contributed by atoms with Crippen molar-refractivity contribution in [2.75, 3.05) is 13.2 Å². The van der Waals surface area contributed by atoms with Crippen LogP contribution in [0.15, 0.2) is 24.3 Å². The van der Waals surface area contributed by atoms with Gasteiger partial charge in [0.2, 0.25) is 0 Å². The van der Waals surface area contributed by atoms with Crippen molar-refractivity contribution in [3.8, 4) is 0 Å². The van der Waals surface area contributed by atoms with E-state index in [2.05, 4.69) is 5.48 Å². The van der Waals surface area contributed by atoms with E-state index < -0.39 is 0 Å². The largest absolute Gasteiger partial charge is 0.381 e. The standard InChI is InChI=1S/C13H16ClNO3.ClH/c14-12-4-2-1-3-11(12)9-15-18-13(16)10-5-7-17-8-6-10;/h1-4,10,15H,5-9H2;1H. The van der Waals surface area contributed by atoms with E-state index in [0.29, 0.717) is 24.8 Å². The van der Waals surface area contributed by atoms with Crippen LogP contribution in [-0.2, 0) is 20.9 Å². The summed E-state index contributed by atoms with van der Waals surface area (Å²) in [7, 11) is 0. The van der Waals surface area contributed by atoms with Gasteiger partial charge in [0.05, 0.1) is 12.5 Å². The van der Waals surface area contributed by atoms with Crippen molar-refractivity contribution in [2.45, 2.75) is 19.4 Å². The van der Waals surface area contributed by atoms with E-state index in [1.165, 1.54) is 0 Å². The molecule has 0 radical (unpaired) electrons. The molecule has 1 aliphatic heterocycles. The topological polar surface area (TPSA) is 47.6 Å². The summed E-state index contributed by atoms with van der Waals surface area (Å²) in [5, 5.41) is 0.659. The number of nitrogens with one attached hydrogen (secondary N) is 1. The molecule has 1 aromatic rings. The van der Waals surface area contributed by atoms with Gasteiger partial charge in [0.25, 0.3) is 0 Å². The first-order chi connectivity index (χ1) is 8.77. The van der Waals surface area contributed by atoms with Crippen molar-refractivity contribution in [1.29, 1.82) is 0 Å². The van der Waals surface area contributed by atoms with Crippen LogP contribution >= 0.6 is 24.0 Å². The molecule has 6 heteroatoms. The Bertz CT molecular complexity index is 409. The molecule has 0 spiro atoms. The summed E-state index contributed by atoms with van der Waals surface area (Å²) in [4.78, 5) is 16.7. The smallest absolute Gasteiger partial charge is 0.327 e. The van der Waals surface area contributed by atoms with Crippen molar-refractivity contribution in [3.05, 3.63) is 34.9 Å². The van der Waals surface area contributed by atoms with E-state index in [1.54, 1.807) is 6.07 Å². The molecule has 2 rings (SSSR count). The van der Waals surface area contributed by atoms with Crippen LogP contribution in [0.3, 0.4) is 0 Å². The fourth-order valence-corrected chi connectivity index (χ4v) is 2.05. The van der Waals surface area contributed by atoms with Crippen LogP contribution < -0.4 is 5.48 Å². The minimum absolute atomic E-state index is 0. The van der Waals surface area contributed by atoms with Gasteiger partial charge >= 0.3 is 5.97 Å². The number of hydrogen-bond donors (Lipinski definition) is 1. The maximum atomic E-state index is 11.7. The van der Waals surface area contributed by atoms with Gasteiger partial charge in [-0.15, -0.1) is 17.9 Å². The normalized spacial score (nSPS) is 15.6. The summed E-state index contributed by atoms with van der Waals surface area (Å²) < 4.78 is 5.19. The Morgan fingerprint density at radius 3 is 2.74 bits per heavy atom. The highest BCUT2D eigenvalue weighted by molar-refractivity contribution is 6.31. The summed E-state index contributed by atoms with van der Waals surface area (Å²) in [6.07, 6.45) is 1.46. The molecule has 1 fully saturated rings. The Labute approximate surface area is 123 Å². The summed E-state index contributed by atoms with van der Waals surface area (Å²) >= 11 is 5.99. The zero-order valence-corrected chi connectivity index (χ0v) is 12.0. The molecule has 1 aromatic carbocycles. The molecule has 0 aromatic heterocycles. The van der Waals surface area contributed by atoms with Crippen LogP contribution in [0.4, 0.5) is 0 Å². The molecule has 0 amide bonds. The summed E-state index contributed by atoms with van der Waals surface area (Å²) in [5.41, 5.74) is 3.57. The number of rotatable bonds is 4. The highest BCUT2D eigenvalue weighted by Crippen LogP contribution is 2.17. The number of carbonyl (C=O) groups is 1. The molecular formula is C13H17Cl2NO3. The van der Waals surface area contributed by atoms with Gasteiger partial charge in [0, 0.05) is 18.2 Å². The van der Waals surface area contributed by atoms with Gasteiger partial charge in [-0.25, -0.2) is 0 Å². The van der Waals surface area contributed by atoms with Crippen molar-refractivity contribution in [3.63, 3.8) is 0 Å². The van der Waals surface area contributed by atoms with E-state index in [-0.39, 0.29) is 24.3 Å². The first-order valence-corrected chi connectivity index (χ1v) is 6.40. The van der Waals surface area contributed by atoms with E-state index in [9.17, 15) is 4.79 Å². The highest BCUT2D eigenvalue weighted by Gasteiger charge is 2.23. The first kappa shape index (κ1) is 16.2. The molecule has 4 nitrogen and oxygen atoms in total. The minimum Gasteiger partial charge on any atom is -0.381 e. The molecular weight excluding hydrogens is 289 g/mol. The quantitative estimate of drug-likeness (QED) is 0.869. The lowest BCUT2D eigenvalue weighted by Gasteiger charge is -2.20. The SMILES string of the molecule is Cl.O=C(ONCc1ccccc1Cl)C1CCOCC1. The third kappa shape index (κ3) is 4.99. The summed E-state index contributed by atoms with van der Waals surface area (Å²) in [6.45, 7) is 1.67. The second kappa shape index (κ2) is 8.38. The molecule has 1 saturated heterocycles. The fraction of sp³-hybridized carbons (Fsp3) is 0.462. The van der Waals surface area contributed by atoms with Crippen LogP contribution in [0.5, 0.6) is 0 Å². The van der Waals surface area contributed by atoms with Crippen molar-refractivity contribution in [2.24, 2.45) is 5.92 Å². The molecule has 0 aliphatic carbocycles. The Kier molecular flexibility index (Phi) is 7.16. The van der Waals surface area contributed by atoms with Gasteiger partial charge in [-0.1, -0.05) is 29.8 Å². The van der Waals surface area contributed by atoms with Gasteiger partial charge < -0.3 is 9.57 Å². The van der Waals surface area contributed by atoms with Crippen LogP contribution in [-0.4, -0.2) is 19.2 Å². The lowest BCUT2D eigenvalue weighted by atomic mass is 10.0. The van der Waals surface area contributed by atoms with Crippen LogP contribution in [0.25, 0.3) is 0 Å². The third-order valence-corrected chi connectivity index (χ3v) is 3.32. The van der Waals surface area contributed by atoms with E-state index in [1.807, 2.05) is 18.2 Å². The summed E-state index contributed by atoms with van der Waals surface area (Å²) in [5.74, 6) is -0.275. The first-order valence-electron chi connectivity index (χ1n) is 6.02. The highest BCUT2D eigenvalue weighted by atomic mass is 35.5. The number of benzene rings is 1. The molecule has 0 saturated carbocycles. The lowest BCUT2D eigenvalue weighted by molar-refractivity contribution is -0.159. The Balaban J connectivity index is 0.00000180. The van der Waals surface area contributed by atoms with Crippen molar-refractivity contribution >= 4 is 30.0 Å². The maximum absolute atomic E-state index is 11.7. The Hall–Kier alpha value is -0.810. The average Bonchev–Trinajstić information content (AvgIpc) is 2.42. The average molecular weight is 306 g/mol. The van der Waals surface area contributed by atoms with Gasteiger partial charge in [-0.05, 0) is 24.5 Å². The van der Waals surface area contributed by atoms with E-state index in [0.717, 1.165) is 18.4 Å². The van der Waals surface area contributed by atoms with Crippen molar-refractivity contribution in [1.82, 2.24) is 5.48 Å². The molecule has 0 atom stereocenters. The van der Waals surface area contributed by atoms with Crippen LogP contribution in [0.2, 0.25) is 5.02 Å². The molecule has 0 unspecified atom stereocenters. The van der Waals surface area contributed by atoms with Gasteiger partial charge in [-0.2, -0.15) is 0 Å². The van der Waals surface area contributed by atoms with E-state index >= 15 is 0 Å². The minimum atomic E-state index is -0.217. The zero-order chi connectivity index (χ0) is 12.8. The van der Waals surface area contributed by atoms with Crippen LogP contribution in [0.1, 0.15) is 18.4 Å². The lowest BCUT2D eigenvalue weighted by Crippen LogP contribution is -2.29. The second-order valence-electron chi connectivity index (χ2n) is 4.22. The number of hydrogen-bond acceptors (Lipinski definition) is 4. The molecule has 1 heterocycles. The predicted molar refractivity (Wildman–Crippen MR) is 75.2 cm³/mol.